The van der Waals surface area contributed by atoms with E-state index in [1.54, 1.807) is 12.5 Å². The fourth-order valence-corrected chi connectivity index (χ4v) is 2.42. The van der Waals surface area contributed by atoms with Crippen LogP contribution in [0.25, 0.3) is 0 Å². The molecule has 1 aliphatic rings. The molecule has 96 valence electrons. The summed E-state index contributed by atoms with van der Waals surface area (Å²) < 4.78 is 1.97. The minimum Gasteiger partial charge on any atom is -0.355 e. The van der Waals surface area contributed by atoms with Crippen LogP contribution in [0.3, 0.4) is 0 Å². The number of hydrogen-bond acceptors (Lipinski definition) is 3. The van der Waals surface area contributed by atoms with E-state index in [4.69, 9.17) is 0 Å². The number of aromatic nitrogens is 2. The third kappa shape index (κ3) is 2.70. The number of hydrogen-bond donors (Lipinski definition) is 1. The van der Waals surface area contributed by atoms with E-state index in [0.29, 0.717) is 19.4 Å². The summed E-state index contributed by atoms with van der Waals surface area (Å²) in [5.41, 5.74) is -0.755. The van der Waals surface area contributed by atoms with Crippen LogP contribution < -0.4 is 5.32 Å². The summed E-state index contributed by atoms with van der Waals surface area (Å²) >= 11 is 0. The van der Waals surface area contributed by atoms with Crippen LogP contribution in [-0.2, 0) is 11.3 Å². The van der Waals surface area contributed by atoms with E-state index in [0.717, 1.165) is 25.8 Å². The number of rotatable bonds is 5. The lowest BCUT2D eigenvalue weighted by Crippen LogP contribution is -2.38. The van der Waals surface area contributed by atoms with Crippen molar-refractivity contribution in [3.63, 3.8) is 0 Å². The van der Waals surface area contributed by atoms with Gasteiger partial charge in [-0.1, -0.05) is 12.8 Å². The van der Waals surface area contributed by atoms with Gasteiger partial charge in [-0.2, -0.15) is 5.26 Å². The first-order valence-electron chi connectivity index (χ1n) is 6.42. The van der Waals surface area contributed by atoms with Crippen molar-refractivity contribution in [3.8, 4) is 6.07 Å². The molecule has 0 radical (unpaired) electrons. The second-order valence-corrected chi connectivity index (χ2v) is 4.81. The van der Waals surface area contributed by atoms with Crippen LogP contribution >= 0.6 is 0 Å². The molecule has 1 amide bonds. The van der Waals surface area contributed by atoms with Crippen molar-refractivity contribution in [1.82, 2.24) is 14.9 Å². The Morgan fingerprint density at radius 1 is 1.50 bits per heavy atom. The molecule has 0 aromatic carbocycles. The molecule has 1 aromatic rings. The largest absolute Gasteiger partial charge is 0.355 e. The zero-order valence-electron chi connectivity index (χ0n) is 10.4. The summed E-state index contributed by atoms with van der Waals surface area (Å²) in [5, 5.41) is 12.1. The molecule has 5 heteroatoms. The monoisotopic (exact) mass is 246 g/mol. The van der Waals surface area contributed by atoms with Crippen LogP contribution in [0.4, 0.5) is 0 Å². The van der Waals surface area contributed by atoms with Gasteiger partial charge in [0.2, 0.25) is 5.91 Å². The SMILES string of the molecule is N#CC1(C(=O)NCCCn2ccnc2)CCCC1. The smallest absolute Gasteiger partial charge is 0.240 e. The Bertz CT molecular complexity index is 426. The van der Waals surface area contributed by atoms with Gasteiger partial charge in [-0.3, -0.25) is 4.79 Å². The number of carbonyl (C=O) groups is 1. The minimum absolute atomic E-state index is 0.0897. The number of nitrogens with one attached hydrogen (secondary N) is 1. The molecule has 1 fully saturated rings. The van der Waals surface area contributed by atoms with Crippen molar-refractivity contribution in [2.24, 2.45) is 5.41 Å². The van der Waals surface area contributed by atoms with Crippen LogP contribution in [0.2, 0.25) is 0 Å². The summed E-state index contributed by atoms with van der Waals surface area (Å²) in [6, 6.07) is 2.20. The van der Waals surface area contributed by atoms with Gasteiger partial charge in [0.25, 0.3) is 0 Å². The Morgan fingerprint density at radius 2 is 2.28 bits per heavy atom. The van der Waals surface area contributed by atoms with Crippen LogP contribution in [0, 0.1) is 16.7 Å². The summed E-state index contributed by atoms with van der Waals surface area (Å²) in [6.45, 7) is 1.44. The lowest BCUT2D eigenvalue weighted by atomic mass is 9.87. The normalized spacial score (nSPS) is 17.3. The Balaban J connectivity index is 1.73. The summed E-state index contributed by atoms with van der Waals surface area (Å²) in [7, 11) is 0. The van der Waals surface area contributed by atoms with Crippen molar-refractivity contribution >= 4 is 5.91 Å². The average molecular weight is 246 g/mol. The molecule has 0 bridgehead atoms. The Hall–Kier alpha value is -1.83. The van der Waals surface area contributed by atoms with Gasteiger partial charge in [0.15, 0.2) is 0 Å². The van der Waals surface area contributed by atoms with Crippen LogP contribution in [0.1, 0.15) is 32.1 Å². The van der Waals surface area contributed by atoms with E-state index in [1.807, 2.05) is 10.8 Å². The van der Waals surface area contributed by atoms with Gasteiger partial charge < -0.3 is 9.88 Å². The molecule has 18 heavy (non-hydrogen) atoms. The van der Waals surface area contributed by atoms with Crippen molar-refractivity contribution in [3.05, 3.63) is 18.7 Å². The van der Waals surface area contributed by atoms with Gasteiger partial charge in [0.1, 0.15) is 5.41 Å². The van der Waals surface area contributed by atoms with E-state index < -0.39 is 5.41 Å². The Kier molecular flexibility index (Phi) is 3.98. The van der Waals surface area contributed by atoms with Gasteiger partial charge >= 0.3 is 0 Å². The highest BCUT2D eigenvalue weighted by molar-refractivity contribution is 5.85. The fraction of sp³-hybridized carbons (Fsp3) is 0.615. The minimum atomic E-state index is -0.755. The number of aryl methyl sites for hydroxylation is 1. The third-order valence-corrected chi connectivity index (χ3v) is 3.54. The number of nitriles is 1. The fourth-order valence-electron chi connectivity index (χ4n) is 2.42. The van der Waals surface area contributed by atoms with Crippen molar-refractivity contribution < 1.29 is 4.79 Å². The maximum absolute atomic E-state index is 12.0. The molecule has 1 aliphatic carbocycles. The lowest BCUT2D eigenvalue weighted by Gasteiger charge is -2.19. The standard InChI is InChI=1S/C13H18N4O/c14-10-13(4-1-2-5-13)12(18)16-6-3-8-17-9-7-15-11-17/h7,9,11H,1-6,8H2,(H,16,18). The maximum Gasteiger partial charge on any atom is 0.240 e. The average Bonchev–Trinajstić information content (AvgIpc) is 3.05. The quantitative estimate of drug-likeness (QED) is 0.800. The molecule has 0 unspecified atom stereocenters. The molecule has 5 nitrogen and oxygen atoms in total. The van der Waals surface area contributed by atoms with Gasteiger partial charge in [-0.15, -0.1) is 0 Å². The first-order chi connectivity index (χ1) is 8.77. The molecule has 1 saturated carbocycles. The number of imidazole rings is 1. The second kappa shape index (κ2) is 5.67. The van der Waals surface area contributed by atoms with E-state index in [-0.39, 0.29) is 5.91 Å². The highest BCUT2D eigenvalue weighted by Crippen LogP contribution is 2.37. The van der Waals surface area contributed by atoms with Gasteiger partial charge in [-0.05, 0) is 19.3 Å². The van der Waals surface area contributed by atoms with Crippen LogP contribution in [0.15, 0.2) is 18.7 Å². The molecular weight excluding hydrogens is 228 g/mol. The molecule has 0 spiro atoms. The molecule has 1 heterocycles. The third-order valence-electron chi connectivity index (χ3n) is 3.54. The van der Waals surface area contributed by atoms with E-state index in [1.165, 1.54) is 0 Å². The predicted molar refractivity (Wildman–Crippen MR) is 66.4 cm³/mol. The highest BCUT2D eigenvalue weighted by atomic mass is 16.2. The van der Waals surface area contributed by atoms with Gasteiger partial charge in [0, 0.05) is 25.5 Å². The molecule has 0 atom stereocenters. The van der Waals surface area contributed by atoms with E-state index >= 15 is 0 Å². The Labute approximate surface area is 107 Å². The highest BCUT2D eigenvalue weighted by Gasteiger charge is 2.41. The maximum atomic E-state index is 12.0. The van der Waals surface area contributed by atoms with Gasteiger partial charge in [0.05, 0.1) is 12.4 Å². The zero-order valence-corrected chi connectivity index (χ0v) is 10.4. The zero-order chi connectivity index (χ0) is 12.8. The van der Waals surface area contributed by atoms with E-state index in [9.17, 15) is 10.1 Å². The summed E-state index contributed by atoms with van der Waals surface area (Å²) in [5.74, 6) is -0.0897. The molecule has 2 rings (SSSR count). The summed E-state index contributed by atoms with van der Waals surface area (Å²) in [6.07, 6.45) is 9.62. The van der Waals surface area contributed by atoms with Crippen molar-refractivity contribution in [2.75, 3.05) is 6.54 Å². The molecular formula is C13H18N4O. The molecule has 1 aromatic heterocycles. The number of carbonyl (C=O) groups excluding carboxylic acids is 1. The van der Waals surface area contributed by atoms with Crippen LogP contribution in [-0.4, -0.2) is 22.0 Å². The van der Waals surface area contributed by atoms with E-state index in [2.05, 4.69) is 16.4 Å². The van der Waals surface area contributed by atoms with Crippen LogP contribution in [0.5, 0.6) is 0 Å². The predicted octanol–water partition coefficient (Wildman–Crippen LogP) is 1.47. The molecule has 1 N–H and O–H groups in total. The number of amides is 1. The topological polar surface area (TPSA) is 70.7 Å². The first kappa shape index (κ1) is 12.6. The van der Waals surface area contributed by atoms with Crippen molar-refractivity contribution in [1.29, 1.82) is 5.26 Å². The summed E-state index contributed by atoms with van der Waals surface area (Å²) in [4.78, 5) is 16.0. The Morgan fingerprint density at radius 3 is 2.89 bits per heavy atom. The molecule has 0 saturated heterocycles. The lowest BCUT2D eigenvalue weighted by molar-refractivity contribution is -0.127. The van der Waals surface area contributed by atoms with Crippen molar-refractivity contribution in [2.45, 2.75) is 38.6 Å². The van der Waals surface area contributed by atoms with Gasteiger partial charge in [-0.25, -0.2) is 4.98 Å². The first-order valence-corrected chi connectivity index (χ1v) is 6.42. The second-order valence-electron chi connectivity index (χ2n) is 4.81. The molecule has 0 aliphatic heterocycles. The number of nitrogens with zero attached hydrogens (tertiary/aromatic N) is 3.